The van der Waals surface area contributed by atoms with E-state index in [0.29, 0.717) is 10.3 Å². The number of aromatic nitrogens is 2. The monoisotopic (exact) mass is 482 g/mol. The Kier molecular flexibility index (Phi) is 7.88. The minimum Gasteiger partial charge on any atom is -1.00 e. The van der Waals surface area contributed by atoms with E-state index in [1.807, 2.05) is 18.2 Å². The number of hydrogen-bond acceptors (Lipinski definition) is 6. The van der Waals surface area contributed by atoms with Crippen LogP contribution >= 0.6 is 22.9 Å². The first-order valence-corrected chi connectivity index (χ1v) is 10.0. The van der Waals surface area contributed by atoms with Gasteiger partial charge in [-0.15, -0.1) is 10.2 Å². The van der Waals surface area contributed by atoms with Crippen molar-refractivity contribution in [1.82, 2.24) is 9.97 Å². The maximum atomic E-state index is 5.91. The van der Waals surface area contributed by atoms with Gasteiger partial charge < -0.3 is 26.4 Å². The Morgan fingerprint density at radius 3 is 2.39 bits per heavy atom. The summed E-state index contributed by atoms with van der Waals surface area (Å²) in [6.45, 7) is 5.26. The number of rotatable bonds is 7. The number of benzene rings is 1. The van der Waals surface area contributed by atoms with Crippen molar-refractivity contribution in [2.45, 2.75) is 6.92 Å². The lowest BCUT2D eigenvalue weighted by molar-refractivity contribution is -0.868. The molecule has 1 aromatic carbocycles. The smallest absolute Gasteiger partial charge is 0.232 e. The first kappa shape index (κ1) is 22.7. The van der Waals surface area contributed by atoms with Crippen LogP contribution in [0.15, 0.2) is 46.6 Å². The van der Waals surface area contributed by atoms with E-state index >= 15 is 0 Å². The minimum atomic E-state index is 0. The van der Waals surface area contributed by atoms with E-state index in [4.69, 9.17) is 11.6 Å². The number of halogens is 2. The predicted octanol–water partition coefficient (Wildman–Crippen LogP) is 2.30. The summed E-state index contributed by atoms with van der Waals surface area (Å²) < 4.78 is 0.949. The van der Waals surface area contributed by atoms with Crippen LogP contribution in [0.25, 0.3) is 10.3 Å². The van der Waals surface area contributed by atoms with Crippen LogP contribution in [0.5, 0.6) is 0 Å². The average molecular weight is 484 g/mol. The summed E-state index contributed by atoms with van der Waals surface area (Å²) in [7, 11) is 6.63. The Labute approximate surface area is 185 Å². The van der Waals surface area contributed by atoms with Crippen molar-refractivity contribution < 1.29 is 21.5 Å². The number of pyridine rings is 1. The molecular weight excluding hydrogens is 460 g/mol. The van der Waals surface area contributed by atoms with Crippen molar-refractivity contribution >= 4 is 49.8 Å². The van der Waals surface area contributed by atoms with Gasteiger partial charge in [-0.1, -0.05) is 22.9 Å². The fraction of sp³-hybridized carbons (Fsp3) is 0.368. The SMILES string of the molecule is CCN(CC[N+](C)(C)C)c1ccc(/N=N/c2nc3ccc(Cl)nc3s2)cc1.[Br-]. The summed E-state index contributed by atoms with van der Waals surface area (Å²) in [6, 6.07) is 11.7. The van der Waals surface area contributed by atoms with Crippen LogP contribution in [-0.4, -0.2) is 55.2 Å². The lowest BCUT2D eigenvalue weighted by Gasteiger charge is -2.29. The second kappa shape index (κ2) is 9.73. The second-order valence-electron chi connectivity index (χ2n) is 7.26. The number of quaternary nitrogens is 1. The number of nitrogens with zero attached hydrogens (tertiary/aromatic N) is 6. The number of fused-ring (bicyclic) bond motifs is 1. The van der Waals surface area contributed by atoms with Gasteiger partial charge in [0.1, 0.15) is 15.5 Å². The van der Waals surface area contributed by atoms with Gasteiger partial charge >= 0.3 is 0 Å². The van der Waals surface area contributed by atoms with Gasteiger partial charge in [-0.25, -0.2) is 9.97 Å². The number of anilines is 1. The molecule has 0 saturated carbocycles. The minimum absolute atomic E-state index is 0. The summed E-state index contributed by atoms with van der Waals surface area (Å²) in [5.74, 6) is 0. The second-order valence-corrected chi connectivity index (χ2v) is 8.61. The molecule has 6 nitrogen and oxygen atoms in total. The third-order valence-corrected chi connectivity index (χ3v) is 5.16. The highest BCUT2D eigenvalue weighted by molar-refractivity contribution is 7.21. The van der Waals surface area contributed by atoms with Crippen molar-refractivity contribution in [2.75, 3.05) is 45.7 Å². The highest BCUT2D eigenvalue weighted by atomic mass is 79.9. The molecule has 9 heteroatoms. The molecule has 0 bridgehead atoms. The maximum absolute atomic E-state index is 5.91. The molecule has 0 atom stereocenters. The van der Waals surface area contributed by atoms with Crippen molar-refractivity contribution in [3.05, 3.63) is 41.6 Å². The highest BCUT2D eigenvalue weighted by Gasteiger charge is 2.11. The quantitative estimate of drug-likeness (QED) is 0.294. The van der Waals surface area contributed by atoms with Gasteiger partial charge in [-0.05, 0) is 43.3 Å². The molecule has 3 aromatic rings. The van der Waals surface area contributed by atoms with Crippen LogP contribution in [-0.2, 0) is 0 Å². The molecule has 0 saturated heterocycles. The maximum Gasteiger partial charge on any atom is 0.232 e. The molecule has 150 valence electrons. The van der Waals surface area contributed by atoms with Crippen molar-refractivity contribution in [3.63, 3.8) is 0 Å². The third kappa shape index (κ3) is 6.20. The van der Waals surface area contributed by atoms with Crippen LogP contribution in [0.2, 0.25) is 5.15 Å². The Hall–Kier alpha value is -1.61. The van der Waals surface area contributed by atoms with Gasteiger partial charge in [0, 0.05) is 12.2 Å². The largest absolute Gasteiger partial charge is 1.00 e. The lowest BCUT2D eigenvalue weighted by atomic mass is 10.2. The van der Waals surface area contributed by atoms with Crippen LogP contribution in [0.3, 0.4) is 0 Å². The van der Waals surface area contributed by atoms with E-state index in [9.17, 15) is 0 Å². The zero-order valence-electron chi connectivity index (χ0n) is 16.4. The van der Waals surface area contributed by atoms with Gasteiger partial charge in [0.15, 0.2) is 0 Å². The molecule has 2 aromatic heterocycles. The molecule has 3 rings (SSSR count). The Balaban J connectivity index is 0.00000280. The highest BCUT2D eigenvalue weighted by Crippen LogP contribution is 2.29. The molecule has 0 unspecified atom stereocenters. The summed E-state index contributed by atoms with van der Waals surface area (Å²) >= 11 is 7.28. The van der Waals surface area contributed by atoms with Gasteiger partial charge in [-0.2, -0.15) is 0 Å². The molecule has 0 fully saturated rings. The predicted molar refractivity (Wildman–Crippen MR) is 114 cm³/mol. The fourth-order valence-electron chi connectivity index (χ4n) is 2.55. The molecule has 2 heterocycles. The van der Waals surface area contributed by atoms with Crippen LogP contribution in [0, 0.1) is 0 Å². The molecule has 0 aliphatic heterocycles. The zero-order chi connectivity index (χ0) is 19.4. The number of azo groups is 1. The normalized spacial score (nSPS) is 11.8. The van der Waals surface area contributed by atoms with Gasteiger partial charge in [-0.3, -0.25) is 0 Å². The summed E-state index contributed by atoms with van der Waals surface area (Å²) in [5, 5.41) is 9.56. The van der Waals surface area contributed by atoms with Crippen LogP contribution in [0.4, 0.5) is 16.5 Å². The van der Waals surface area contributed by atoms with Gasteiger partial charge in [0.25, 0.3) is 0 Å². The third-order valence-electron chi connectivity index (χ3n) is 4.10. The Morgan fingerprint density at radius 2 is 1.75 bits per heavy atom. The summed E-state index contributed by atoms with van der Waals surface area (Å²) in [4.78, 5) is 11.8. The molecule has 0 spiro atoms. The summed E-state index contributed by atoms with van der Waals surface area (Å²) in [5.41, 5.74) is 2.78. The molecule has 0 aliphatic carbocycles. The van der Waals surface area contributed by atoms with E-state index in [-0.39, 0.29) is 17.0 Å². The number of likely N-dealkylation sites (N-methyl/N-ethyl adjacent to an activating group) is 2. The molecule has 0 amide bonds. The Bertz CT molecular complexity index is 936. The van der Waals surface area contributed by atoms with E-state index < -0.39 is 0 Å². The van der Waals surface area contributed by atoms with Crippen molar-refractivity contribution in [3.8, 4) is 0 Å². The van der Waals surface area contributed by atoms with Gasteiger partial charge in [0.2, 0.25) is 5.13 Å². The standard InChI is InChI=1S/C19H24ClN6S.BrH/c1-5-25(12-13-26(2,3)4)15-8-6-14(7-9-15)23-24-19-21-16-10-11-17(20)22-18(16)27-19;/h6-11H,5,12-13H2,1-4H3;1H/q+1;/p-1/b24-23+;. The molecule has 0 N–H and O–H groups in total. The summed E-state index contributed by atoms with van der Waals surface area (Å²) in [6.07, 6.45) is 0. The number of thiazole rings is 1. The average Bonchev–Trinajstić information content (AvgIpc) is 3.02. The van der Waals surface area contributed by atoms with E-state index in [2.05, 4.69) is 65.3 Å². The Morgan fingerprint density at radius 1 is 1.04 bits per heavy atom. The number of hydrogen-bond donors (Lipinski definition) is 0. The topological polar surface area (TPSA) is 53.7 Å². The van der Waals surface area contributed by atoms with Gasteiger partial charge in [0.05, 0.1) is 39.9 Å². The molecular formula is C19H24BrClN6S. The lowest BCUT2D eigenvalue weighted by Crippen LogP contribution is -3.00. The first-order chi connectivity index (χ1) is 12.8. The van der Waals surface area contributed by atoms with Crippen molar-refractivity contribution in [1.29, 1.82) is 0 Å². The van der Waals surface area contributed by atoms with Crippen LogP contribution in [0.1, 0.15) is 6.92 Å². The molecule has 0 radical (unpaired) electrons. The fourth-order valence-corrected chi connectivity index (χ4v) is 3.51. The van der Waals surface area contributed by atoms with Crippen molar-refractivity contribution in [2.24, 2.45) is 10.2 Å². The molecule has 0 aliphatic rings. The first-order valence-electron chi connectivity index (χ1n) is 8.84. The van der Waals surface area contributed by atoms with Crippen LogP contribution < -0.4 is 21.9 Å². The van der Waals surface area contributed by atoms with E-state index in [0.717, 1.165) is 40.2 Å². The zero-order valence-corrected chi connectivity index (χ0v) is 19.6. The van der Waals surface area contributed by atoms with E-state index in [1.165, 1.54) is 17.0 Å². The molecule has 28 heavy (non-hydrogen) atoms. The van der Waals surface area contributed by atoms with E-state index in [1.54, 1.807) is 6.07 Å².